The summed E-state index contributed by atoms with van der Waals surface area (Å²) >= 11 is 0. The second-order valence-corrected chi connectivity index (χ2v) is 7.19. The summed E-state index contributed by atoms with van der Waals surface area (Å²) < 4.78 is 32.2. The van der Waals surface area contributed by atoms with Gasteiger partial charge in [-0.3, -0.25) is 4.98 Å². The lowest BCUT2D eigenvalue weighted by molar-refractivity contribution is 0.207. The van der Waals surface area contributed by atoms with E-state index in [4.69, 9.17) is 4.74 Å². The van der Waals surface area contributed by atoms with Gasteiger partial charge in [0.1, 0.15) is 11.0 Å². The molecule has 0 N–H and O–H groups in total. The predicted octanol–water partition coefficient (Wildman–Crippen LogP) is 1.63. The maximum Gasteiger partial charge on any atom is 0.244 e. The van der Waals surface area contributed by atoms with E-state index in [2.05, 4.69) is 9.97 Å². The first kappa shape index (κ1) is 14.9. The van der Waals surface area contributed by atoms with Crippen LogP contribution in [0.15, 0.2) is 47.8 Å². The van der Waals surface area contributed by atoms with Crippen LogP contribution in [0.1, 0.15) is 12.0 Å². The molecule has 0 radical (unpaired) electrons. The average Bonchev–Trinajstić information content (AvgIpc) is 3.00. The van der Waals surface area contributed by atoms with Crippen LogP contribution in [0.25, 0.3) is 0 Å². The Kier molecular flexibility index (Phi) is 4.08. The van der Waals surface area contributed by atoms with Crippen molar-refractivity contribution in [3.8, 4) is 5.88 Å². The highest BCUT2D eigenvalue weighted by Crippen LogP contribution is 2.23. The van der Waals surface area contributed by atoms with Gasteiger partial charge in [0.25, 0.3) is 0 Å². The van der Waals surface area contributed by atoms with Crippen LogP contribution in [-0.2, 0) is 10.0 Å². The van der Waals surface area contributed by atoms with Crippen molar-refractivity contribution in [3.63, 3.8) is 0 Å². The Bertz CT molecular complexity index is 732. The van der Waals surface area contributed by atoms with Gasteiger partial charge in [-0.15, -0.1) is 0 Å². The molecule has 0 saturated carbocycles. The SMILES string of the molecule is Cc1ccc(O[C@H]2CCN(S(=O)(=O)c3cccnc3)C2)nc1. The van der Waals surface area contributed by atoms with Crippen molar-refractivity contribution in [3.05, 3.63) is 48.4 Å². The van der Waals surface area contributed by atoms with Gasteiger partial charge in [-0.1, -0.05) is 6.07 Å². The Morgan fingerprint density at radius 1 is 1.27 bits per heavy atom. The van der Waals surface area contributed by atoms with E-state index in [-0.39, 0.29) is 11.0 Å². The summed E-state index contributed by atoms with van der Waals surface area (Å²) in [7, 11) is -3.50. The van der Waals surface area contributed by atoms with Crippen molar-refractivity contribution in [2.75, 3.05) is 13.1 Å². The number of ether oxygens (including phenoxy) is 1. The van der Waals surface area contributed by atoms with Gasteiger partial charge in [0.15, 0.2) is 0 Å². The Morgan fingerprint density at radius 2 is 2.14 bits per heavy atom. The van der Waals surface area contributed by atoms with Crippen molar-refractivity contribution < 1.29 is 13.2 Å². The highest BCUT2D eigenvalue weighted by Gasteiger charge is 2.33. The van der Waals surface area contributed by atoms with E-state index in [1.165, 1.54) is 10.5 Å². The summed E-state index contributed by atoms with van der Waals surface area (Å²) in [6.07, 6.45) is 5.12. The lowest BCUT2D eigenvalue weighted by Crippen LogP contribution is -2.31. The molecule has 7 heteroatoms. The van der Waals surface area contributed by atoms with Gasteiger partial charge >= 0.3 is 0 Å². The number of rotatable bonds is 4. The largest absolute Gasteiger partial charge is 0.473 e. The van der Waals surface area contributed by atoms with Gasteiger partial charge in [0, 0.05) is 31.2 Å². The molecule has 1 fully saturated rings. The molecule has 3 heterocycles. The molecule has 22 heavy (non-hydrogen) atoms. The summed E-state index contributed by atoms with van der Waals surface area (Å²) in [6.45, 7) is 2.72. The second-order valence-electron chi connectivity index (χ2n) is 5.25. The average molecular weight is 319 g/mol. The van der Waals surface area contributed by atoms with Gasteiger partial charge in [-0.25, -0.2) is 13.4 Å². The van der Waals surface area contributed by atoms with Crippen LogP contribution in [0.2, 0.25) is 0 Å². The molecule has 2 aromatic heterocycles. The minimum Gasteiger partial charge on any atom is -0.473 e. The standard InChI is InChI=1S/C15H17N3O3S/c1-12-4-5-15(17-9-12)21-13-6-8-18(11-13)22(19,20)14-3-2-7-16-10-14/h2-5,7,9-10,13H,6,8,11H2,1H3/t13-/m0/s1. The third-order valence-corrected chi connectivity index (χ3v) is 5.40. The maximum atomic E-state index is 12.5. The summed E-state index contributed by atoms with van der Waals surface area (Å²) in [6, 6.07) is 6.89. The van der Waals surface area contributed by atoms with E-state index >= 15 is 0 Å². The fourth-order valence-electron chi connectivity index (χ4n) is 2.36. The molecular weight excluding hydrogens is 302 g/mol. The van der Waals surface area contributed by atoms with Crippen molar-refractivity contribution in [2.24, 2.45) is 0 Å². The smallest absolute Gasteiger partial charge is 0.244 e. The molecule has 0 aromatic carbocycles. The molecule has 1 saturated heterocycles. The van der Waals surface area contributed by atoms with Crippen molar-refractivity contribution >= 4 is 10.0 Å². The van der Waals surface area contributed by atoms with Gasteiger partial charge < -0.3 is 4.74 Å². The first-order valence-electron chi connectivity index (χ1n) is 7.05. The molecule has 1 aliphatic heterocycles. The van der Waals surface area contributed by atoms with Crippen molar-refractivity contribution in [2.45, 2.75) is 24.3 Å². The van der Waals surface area contributed by atoms with E-state index < -0.39 is 10.0 Å². The van der Waals surface area contributed by atoms with Crippen LogP contribution in [0.5, 0.6) is 5.88 Å². The molecule has 3 rings (SSSR count). The first-order valence-corrected chi connectivity index (χ1v) is 8.49. The van der Waals surface area contributed by atoms with E-state index in [1.54, 1.807) is 30.6 Å². The Hall–Kier alpha value is -1.99. The molecule has 1 aliphatic rings. The summed E-state index contributed by atoms with van der Waals surface area (Å²) in [4.78, 5) is 8.27. The minimum absolute atomic E-state index is 0.179. The predicted molar refractivity (Wildman–Crippen MR) is 81.0 cm³/mol. The van der Waals surface area contributed by atoms with Gasteiger partial charge in [-0.2, -0.15) is 4.31 Å². The van der Waals surface area contributed by atoms with Crippen LogP contribution in [0.3, 0.4) is 0 Å². The zero-order chi connectivity index (χ0) is 15.6. The van der Waals surface area contributed by atoms with E-state index in [1.807, 2.05) is 13.0 Å². The van der Waals surface area contributed by atoms with Gasteiger partial charge in [-0.05, 0) is 31.0 Å². The Morgan fingerprint density at radius 3 is 2.82 bits per heavy atom. The molecule has 1 atom stereocenters. The van der Waals surface area contributed by atoms with Crippen molar-refractivity contribution in [1.82, 2.24) is 14.3 Å². The molecule has 6 nitrogen and oxygen atoms in total. The number of pyridine rings is 2. The molecule has 0 aliphatic carbocycles. The van der Waals surface area contributed by atoms with E-state index in [0.29, 0.717) is 25.4 Å². The molecule has 0 unspecified atom stereocenters. The first-order chi connectivity index (χ1) is 10.6. The van der Waals surface area contributed by atoms with Crippen LogP contribution in [0, 0.1) is 6.92 Å². The zero-order valence-corrected chi connectivity index (χ0v) is 13.0. The summed E-state index contributed by atoms with van der Waals surface area (Å²) in [5.41, 5.74) is 1.06. The molecule has 116 valence electrons. The quantitative estimate of drug-likeness (QED) is 0.856. The maximum absolute atomic E-state index is 12.5. The molecule has 0 spiro atoms. The molecular formula is C15H17N3O3S. The molecule has 0 amide bonds. The highest BCUT2D eigenvalue weighted by molar-refractivity contribution is 7.89. The lowest BCUT2D eigenvalue weighted by atomic mass is 10.3. The normalized spacial score (nSPS) is 19.2. The fourth-order valence-corrected chi connectivity index (χ4v) is 3.81. The topological polar surface area (TPSA) is 72.4 Å². The Balaban J connectivity index is 1.68. The lowest BCUT2D eigenvalue weighted by Gasteiger charge is -2.16. The monoisotopic (exact) mass is 319 g/mol. The number of aryl methyl sites for hydroxylation is 1. The number of hydrogen-bond acceptors (Lipinski definition) is 5. The van der Waals surface area contributed by atoms with Crippen LogP contribution in [0.4, 0.5) is 0 Å². The van der Waals surface area contributed by atoms with Gasteiger partial charge in [0.05, 0.1) is 6.54 Å². The molecule has 2 aromatic rings. The highest BCUT2D eigenvalue weighted by atomic mass is 32.2. The molecule has 0 bridgehead atoms. The second kappa shape index (κ2) is 6.02. The number of sulfonamides is 1. The number of nitrogens with zero attached hydrogens (tertiary/aromatic N) is 3. The number of hydrogen-bond donors (Lipinski definition) is 0. The van der Waals surface area contributed by atoms with E-state index in [0.717, 1.165) is 5.56 Å². The van der Waals surface area contributed by atoms with Crippen molar-refractivity contribution in [1.29, 1.82) is 0 Å². The third-order valence-electron chi connectivity index (χ3n) is 3.55. The zero-order valence-electron chi connectivity index (χ0n) is 12.2. The summed E-state index contributed by atoms with van der Waals surface area (Å²) in [5, 5.41) is 0. The third kappa shape index (κ3) is 3.10. The van der Waals surface area contributed by atoms with Gasteiger partial charge in [0.2, 0.25) is 15.9 Å². The van der Waals surface area contributed by atoms with Crippen LogP contribution in [-0.4, -0.2) is 41.9 Å². The summed E-state index contributed by atoms with van der Waals surface area (Å²) in [5.74, 6) is 0.524. The number of aromatic nitrogens is 2. The van der Waals surface area contributed by atoms with Crippen LogP contribution >= 0.6 is 0 Å². The minimum atomic E-state index is -3.50. The van der Waals surface area contributed by atoms with Crippen LogP contribution < -0.4 is 4.74 Å². The Labute approximate surface area is 129 Å². The fraction of sp³-hybridized carbons (Fsp3) is 0.333. The van der Waals surface area contributed by atoms with E-state index in [9.17, 15) is 8.42 Å².